The molecule has 1 aromatic rings. The van der Waals surface area contributed by atoms with Crippen LogP contribution in [-0.4, -0.2) is 19.3 Å². The van der Waals surface area contributed by atoms with Crippen molar-refractivity contribution in [3.63, 3.8) is 0 Å². The fraction of sp³-hybridized carbons (Fsp3) is 0.684. The van der Waals surface area contributed by atoms with Crippen LogP contribution in [0.25, 0.3) is 0 Å². The largest absolute Gasteiger partial charge is 0.376 e. The quantitative estimate of drug-likeness (QED) is 0.667. The molecule has 0 aromatic heterocycles. The maximum Gasteiger partial charge on any atom is 0.0792 e. The molecule has 21 heavy (non-hydrogen) atoms. The van der Waals surface area contributed by atoms with E-state index in [9.17, 15) is 0 Å². The number of ether oxygens (including phenoxy) is 1. The minimum absolute atomic E-state index is 0.220. The molecule has 2 atom stereocenters. The topological polar surface area (TPSA) is 21.3 Å². The Kier molecular flexibility index (Phi) is 8.63. The average molecular weight is 291 g/mol. The number of benzene rings is 1. The highest BCUT2D eigenvalue weighted by Gasteiger charge is 2.26. The molecule has 0 aliphatic heterocycles. The molecular weight excluding hydrogens is 258 g/mol. The van der Waals surface area contributed by atoms with Gasteiger partial charge in [0, 0.05) is 6.61 Å². The molecule has 2 nitrogen and oxygen atoms in total. The van der Waals surface area contributed by atoms with Crippen LogP contribution in [0.1, 0.15) is 59.1 Å². The lowest BCUT2D eigenvalue weighted by molar-refractivity contribution is -0.00870. The predicted octanol–water partition coefficient (Wildman–Crippen LogP) is 4.81. The third-order valence-corrected chi connectivity index (χ3v) is 3.76. The number of hydrogen-bond donors (Lipinski definition) is 1. The molecule has 0 bridgehead atoms. The van der Waals surface area contributed by atoms with Crippen LogP contribution >= 0.6 is 0 Å². The van der Waals surface area contributed by atoms with Crippen LogP contribution in [0.5, 0.6) is 0 Å². The van der Waals surface area contributed by atoms with Crippen molar-refractivity contribution >= 4 is 0 Å². The molecule has 0 saturated carbocycles. The van der Waals surface area contributed by atoms with Crippen LogP contribution < -0.4 is 5.32 Å². The van der Waals surface area contributed by atoms with E-state index in [1.54, 1.807) is 0 Å². The van der Waals surface area contributed by atoms with Gasteiger partial charge in [-0.3, -0.25) is 0 Å². The highest BCUT2D eigenvalue weighted by molar-refractivity contribution is 5.20. The van der Waals surface area contributed by atoms with E-state index < -0.39 is 0 Å². The summed E-state index contributed by atoms with van der Waals surface area (Å²) in [5.41, 5.74) is 1.33. The summed E-state index contributed by atoms with van der Waals surface area (Å²) >= 11 is 0. The number of hydrogen-bond acceptors (Lipinski definition) is 2. The first kappa shape index (κ1) is 18.2. The summed E-state index contributed by atoms with van der Waals surface area (Å²) in [7, 11) is 0. The Labute approximate surface area is 131 Å². The van der Waals surface area contributed by atoms with E-state index in [1.807, 2.05) is 0 Å². The smallest absolute Gasteiger partial charge is 0.0792 e. The first-order valence-corrected chi connectivity index (χ1v) is 8.46. The van der Waals surface area contributed by atoms with E-state index in [0.29, 0.717) is 11.8 Å². The molecule has 0 radical (unpaired) electrons. The van der Waals surface area contributed by atoms with Crippen molar-refractivity contribution in [2.45, 2.75) is 59.6 Å². The Balaban J connectivity index is 2.80. The van der Waals surface area contributed by atoms with Crippen LogP contribution in [0, 0.1) is 11.8 Å². The minimum Gasteiger partial charge on any atom is -0.376 e. The molecule has 2 heteroatoms. The van der Waals surface area contributed by atoms with Crippen molar-refractivity contribution in [1.82, 2.24) is 5.32 Å². The Hall–Kier alpha value is -0.860. The van der Waals surface area contributed by atoms with Crippen molar-refractivity contribution in [3.05, 3.63) is 35.9 Å². The van der Waals surface area contributed by atoms with E-state index in [-0.39, 0.29) is 12.1 Å². The lowest BCUT2D eigenvalue weighted by Gasteiger charge is -2.32. The first-order valence-electron chi connectivity index (χ1n) is 8.46. The molecule has 0 fully saturated rings. The molecular formula is C19H33NO. The van der Waals surface area contributed by atoms with Gasteiger partial charge in [-0.1, -0.05) is 65.0 Å². The van der Waals surface area contributed by atoms with E-state index in [0.717, 1.165) is 26.0 Å². The van der Waals surface area contributed by atoms with E-state index >= 15 is 0 Å². The summed E-state index contributed by atoms with van der Waals surface area (Å²) in [5, 5.41) is 3.68. The van der Waals surface area contributed by atoms with Crippen molar-refractivity contribution in [1.29, 1.82) is 0 Å². The van der Waals surface area contributed by atoms with Gasteiger partial charge in [0.1, 0.15) is 0 Å². The molecule has 1 rings (SSSR count). The Morgan fingerprint density at radius 3 is 2.24 bits per heavy atom. The Bertz CT molecular complexity index is 361. The van der Waals surface area contributed by atoms with Gasteiger partial charge in [0.2, 0.25) is 0 Å². The molecule has 1 aromatic carbocycles. The fourth-order valence-electron chi connectivity index (χ4n) is 2.50. The predicted molar refractivity (Wildman–Crippen MR) is 91.5 cm³/mol. The molecule has 0 aliphatic carbocycles. The lowest BCUT2D eigenvalue weighted by atomic mass is 9.93. The average Bonchev–Trinajstić information content (AvgIpc) is 2.46. The second-order valence-electron chi connectivity index (χ2n) is 6.60. The Morgan fingerprint density at radius 1 is 1.05 bits per heavy atom. The summed E-state index contributed by atoms with van der Waals surface area (Å²) in [6.45, 7) is 13.1. The van der Waals surface area contributed by atoms with Gasteiger partial charge >= 0.3 is 0 Å². The lowest BCUT2D eigenvalue weighted by Crippen LogP contribution is -2.38. The minimum atomic E-state index is 0.220. The van der Waals surface area contributed by atoms with Gasteiger partial charge in [0.25, 0.3) is 0 Å². The summed E-state index contributed by atoms with van der Waals surface area (Å²) in [6.07, 6.45) is 2.48. The van der Waals surface area contributed by atoms with Crippen LogP contribution in [0.2, 0.25) is 0 Å². The molecule has 1 N–H and O–H groups in total. The first-order chi connectivity index (χ1) is 10.1. The number of nitrogens with one attached hydrogen (secondary N) is 1. The van der Waals surface area contributed by atoms with E-state index in [2.05, 4.69) is 70.3 Å². The highest BCUT2D eigenvalue weighted by atomic mass is 16.5. The van der Waals surface area contributed by atoms with Crippen LogP contribution in [0.3, 0.4) is 0 Å². The number of rotatable bonds is 10. The molecule has 0 heterocycles. The summed E-state index contributed by atoms with van der Waals surface area (Å²) < 4.78 is 6.27. The molecule has 120 valence electrons. The zero-order valence-corrected chi connectivity index (χ0v) is 14.4. The normalized spacial score (nSPS) is 14.6. The third kappa shape index (κ3) is 6.62. The molecule has 0 aliphatic rings. The van der Waals surface area contributed by atoms with E-state index in [4.69, 9.17) is 4.74 Å². The van der Waals surface area contributed by atoms with Gasteiger partial charge in [0.05, 0.1) is 12.1 Å². The van der Waals surface area contributed by atoms with Crippen molar-refractivity contribution in [2.75, 3.05) is 13.2 Å². The van der Waals surface area contributed by atoms with Crippen molar-refractivity contribution < 1.29 is 4.74 Å². The molecule has 0 saturated heterocycles. The SMILES string of the molecule is CCCNC(c1ccccc1)C(OCCC(C)C)C(C)C. The zero-order valence-electron chi connectivity index (χ0n) is 14.4. The van der Waals surface area contributed by atoms with Gasteiger partial charge in [0.15, 0.2) is 0 Å². The second kappa shape index (κ2) is 9.97. The standard InChI is InChI=1S/C19H33NO/c1-6-13-20-18(17-10-8-7-9-11-17)19(16(4)5)21-14-12-15(2)3/h7-11,15-16,18-20H,6,12-14H2,1-5H3. The monoisotopic (exact) mass is 291 g/mol. The van der Waals surface area contributed by atoms with Crippen LogP contribution in [-0.2, 0) is 4.74 Å². The van der Waals surface area contributed by atoms with Gasteiger partial charge < -0.3 is 10.1 Å². The maximum absolute atomic E-state index is 6.27. The molecule has 0 amide bonds. The fourth-order valence-corrected chi connectivity index (χ4v) is 2.50. The van der Waals surface area contributed by atoms with Gasteiger partial charge in [-0.25, -0.2) is 0 Å². The van der Waals surface area contributed by atoms with Crippen molar-refractivity contribution in [3.8, 4) is 0 Å². The van der Waals surface area contributed by atoms with Crippen LogP contribution in [0.4, 0.5) is 0 Å². The van der Waals surface area contributed by atoms with Crippen LogP contribution in [0.15, 0.2) is 30.3 Å². The molecule has 2 unspecified atom stereocenters. The third-order valence-electron chi connectivity index (χ3n) is 3.76. The summed E-state index contributed by atoms with van der Waals surface area (Å²) in [4.78, 5) is 0. The van der Waals surface area contributed by atoms with Crippen molar-refractivity contribution in [2.24, 2.45) is 11.8 Å². The zero-order chi connectivity index (χ0) is 15.7. The summed E-state index contributed by atoms with van der Waals surface area (Å²) in [6, 6.07) is 11.0. The van der Waals surface area contributed by atoms with Gasteiger partial charge in [-0.15, -0.1) is 0 Å². The van der Waals surface area contributed by atoms with E-state index in [1.165, 1.54) is 5.56 Å². The Morgan fingerprint density at radius 2 is 1.71 bits per heavy atom. The second-order valence-corrected chi connectivity index (χ2v) is 6.60. The summed E-state index contributed by atoms with van der Waals surface area (Å²) in [5.74, 6) is 1.18. The van der Waals surface area contributed by atoms with Gasteiger partial charge in [-0.2, -0.15) is 0 Å². The molecule has 0 spiro atoms. The highest BCUT2D eigenvalue weighted by Crippen LogP contribution is 2.25. The maximum atomic E-state index is 6.27. The van der Waals surface area contributed by atoms with Gasteiger partial charge in [-0.05, 0) is 36.8 Å².